The molecule has 0 bridgehead atoms. The lowest BCUT2D eigenvalue weighted by Gasteiger charge is -2.25. The molecule has 154 valence electrons. The van der Waals surface area contributed by atoms with E-state index in [1.165, 1.54) is 0 Å². The van der Waals surface area contributed by atoms with Crippen LogP contribution in [0.15, 0.2) is 22.1 Å². The van der Waals surface area contributed by atoms with Gasteiger partial charge in [-0.3, -0.25) is 19.8 Å². The highest BCUT2D eigenvalue weighted by Gasteiger charge is 2.10. The Kier molecular flexibility index (Phi) is 8.42. The second-order valence-corrected chi connectivity index (χ2v) is 7.25. The maximum Gasteiger partial charge on any atom is 0.125 e. The highest BCUT2D eigenvalue weighted by atomic mass is 16.5. The van der Waals surface area contributed by atoms with Crippen LogP contribution in [0.4, 0.5) is 0 Å². The first-order valence-corrected chi connectivity index (χ1v) is 10.2. The van der Waals surface area contributed by atoms with Crippen molar-refractivity contribution < 1.29 is 14.6 Å². The number of hydrogen-bond acceptors (Lipinski definition) is 7. The van der Waals surface area contributed by atoms with E-state index in [1.54, 1.807) is 12.3 Å². The molecule has 7 nitrogen and oxygen atoms in total. The number of nitrogens with zero attached hydrogens (tertiary/aromatic N) is 4. The van der Waals surface area contributed by atoms with Gasteiger partial charge in [-0.05, 0) is 30.2 Å². The molecule has 3 rings (SSSR count). The van der Waals surface area contributed by atoms with Crippen LogP contribution in [0.2, 0.25) is 0 Å². The molecule has 0 radical (unpaired) electrons. The van der Waals surface area contributed by atoms with Crippen LogP contribution in [0.1, 0.15) is 16.7 Å². The van der Waals surface area contributed by atoms with Crippen molar-refractivity contribution in [3.63, 3.8) is 0 Å². The van der Waals surface area contributed by atoms with Crippen molar-refractivity contribution in [2.24, 2.45) is 9.98 Å². The Morgan fingerprint density at radius 2 is 1.36 bits per heavy atom. The summed E-state index contributed by atoms with van der Waals surface area (Å²) in [7, 11) is 0. The van der Waals surface area contributed by atoms with Crippen LogP contribution in [0.5, 0.6) is 5.75 Å². The highest BCUT2D eigenvalue weighted by molar-refractivity contribution is 5.89. The summed E-state index contributed by atoms with van der Waals surface area (Å²) in [4.78, 5) is 13.7. The molecule has 0 aliphatic carbocycles. The lowest BCUT2D eigenvalue weighted by molar-refractivity contribution is 0.0394. The van der Waals surface area contributed by atoms with Gasteiger partial charge in [0.15, 0.2) is 0 Å². The number of morpholine rings is 2. The molecule has 2 aliphatic heterocycles. The van der Waals surface area contributed by atoms with E-state index in [1.807, 2.05) is 19.2 Å². The fourth-order valence-electron chi connectivity index (χ4n) is 3.35. The first-order chi connectivity index (χ1) is 13.7. The normalized spacial score (nSPS) is 19.8. The predicted molar refractivity (Wildman–Crippen MR) is 112 cm³/mol. The number of aryl methyl sites for hydroxylation is 1. The minimum Gasteiger partial charge on any atom is -0.507 e. The smallest absolute Gasteiger partial charge is 0.125 e. The molecular weight excluding hydrogens is 356 g/mol. The summed E-state index contributed by atoms with van der Waals surface area (Å²) in [5.41, 5.74) is 2.79. The molecule has 1 aromatic carbocycles. The SMILES string of the molecule is Cc1cc(C=NCCN2CCOCC2)c(O)cc1C=NCCN1CCOCC1. The van der Waals surface area contributed by atoms with Crippen molar-refractivity contribution in [2.45, 2.75) is 6.92 Å². The summed E-state index contributed by atoms with van der Waals surface area (Å²) in [6.45, 7) is 12.5. The standard InChI is InChI=1S/C21H32N4O3/c1-18-14-20(17-23-3-5-25-8-12-28-13-9-25)21(26)15-19(18)16-22-2-4-24-6-10-27-11-7-24/h14-17,26H,2-13H2,1H3. The average Bonchev–Trinajstić information content (AvgIpc) is 2.73. The van der Waals surface area contributed by atoms with Gasteiger partial charge in [0.25, 0.3) is 0 Å². The Hall–Kier alpha value is -1.80. The van der Waals surface area contributed by atoms with E-state index < -0.39 is 0 Å². The monoisotopic (exact) mass is 388 g/mol. The van der Waals surface area contributed by atoms with Crippen molar-refractivity contribution in [2.75, 3.05) is 78.8 Å². The quantitative estimate of drug-likeness (QED) is 0.678. The molecule has 7 heteroatoms. The van der Waals surface area contributed by atoms with Crippen LogP contribution in [0.25, 0.3) is 0 Å². The fraction of sp³-hybridized carbons (Fsp3) is 0.619. The number of aliphatic imine (C=N–C) groups is 2. The van der Waals surface area contributed by atoms with Gasteiger partial charge in [0.2, 0.25) is 0 Å². The van der Waals surface area contributed by atoms with Crippen LogP contribution >= 0.6 is 0 Å². The summed E-state index contributed by atoms with van der Waals surface area (Å²) < 4.78 is 10.7. The maximum atomic E-state index is 10.3. The van der Waals surface area contributed by atoms with E-state index in [4.69, 9.17) is 9.47 Å². The van der Waals surface area contributed by atoms with Crippen molar-refractivity contribution in [1.29, 1.82) is 0 Å². The highest BCUT2D eigenvalue weighted by Crippen LogP contribution is 2.20. The zero-order valence-electron chi connectivity index (χ0n) is 16.8. The van der Waals surface area contributed by atoms with Crippen LogP contribution in [0.3, 0.4) is 0 Å². The number of benzene rings is 1. The Bertz CT molecular complexity index is 608. The molecule has 2 aliphatic rings. The first-order valence-electron chi connectivity index (χ1n) is 10.2. The van der Waals surface area contributed by atoms with Gasteiger partial charge < -0.3 is 14.6 Å². The summed E-state index contributed by atoms with van der Waals surface area (Å²) in [6, 6.07) is 3.74. The van der Waals surface area contributed by atoms with Gasteiger partial charge in [-0.25, -0.2) is 0 Å². The molecule has 1 N–H and O–H groups in total. The van der Waals surface area contributed by atoms with Gasteiger partial charge >= 0.3 is 0 Å². The van der Waals surface area contributed by atoms with Crippen LogP contribution in [-0.2, 0) is 9.47 Å². The van der Waals surface area contributed by atoms with Crippen molar-refractivity contribution in [3.8, 4) is 5.75 Å². The van der Waals surface area contributed by atoms with E-state index in [0.717, 1.165) is 95.5 Å². The van der Waals surface area contributed by atoms with Crippen molar-refractivity contribution >= 4 is 12.4 Å². The molecule has 28 heavy (non-hydrogen) atoms. The molecule has 0 spiro atoms. The predicted octanol–water partition coefficient (Wildman–Crippen LogP) is 1.20. The van der Waals surface area contributed by atoms with E-state index in [-0.39, 0.29) is 5.75 Å². The van der Waals surface area contributed by atoms with Gasteiger partial charge in [-0.15, -0.1) is 0 Å². The number of phenols is 1. The number of aromatic hydroxyl groups is 1. The summed E-state index contributed by atoms with van der Waals surface area (Å²) in [6.07, 6.45) is 3.62. The van der Waals surface area contributed by atoms with Gasteiger partial charge in [0.05, 0.1) is 39.5 Å². The van der Waals surface area contributed by atoms with E-state index in [9.17, 15) is 5.11 Å². The topological polar surface area (TPSA) is 69.9 Å². The zero-order valence-corrected chi connectivity index (χ0v) is 16.8. The molecule has 2 saturated heterocycles. The first kappa shape index (κ1) is 20.9. The lowest BCUT2D eigenvalue weighted by Crippen LogP contribution is -2.37. The second kappa shape index (κ2) is 11.3. The van der Waals surface area contributed by atoms with Gasteiger partial charge in [-0.1, -0.05) is 0 Å². The molecule has 1 aromatic rings. The number of hydrogen-bond donors (Lipinski definition) is 1. The van der Waals surface area contributed by atoms with Crippen LogP contribution in [0, 0.1) is 6.92 Å². The van der Waals surface area contributed by atoms with Crippen molar-refractivity contribution in [3.05, 3.63) is 28.8 Å². The average molecular weight is 389 g/mol. The van der Waals surface area contributed by atoms with Gasteiger partial charge in [0.1, 0.15) is 5.75 Å². The molecule has 2 heterocycles. The van der Waals surface area contributed by atoms with E-state index >= 15 is 0 Å². The molecule has 0 atom stereocenters. The van der Waals surface area contributed by atoms with E-state index in [0.29, 0.717) is 0 Å². The van der Waals surface area contributed by atoms with Crippen LogP contribution < -0.4 is 0 Å². The van der Waals surface area contributed by atoms with Crippen molar-refractivity contribution in [1.82, 2.24) is 9.80 Å². The Balaban J connectivity index is 1.47. The van der Waals surface area contributed by atoms with Gasteiger partial charge in [0, 0.05) is 57.3 Å². The van der Waals surface area contributed by atoms with E-state index in [2.05, 4.69) is 19.8 Å². The lowest BCUT2D eigenvalue weighted by atomic mass is 10.1. The Morgan fingerprint density at radius 3 is 1.89 bits per heavy atom. The molecule has 0 saturated carbocycles. The second-order valence-electron chi connectivity index (χ2n) is 7.25. The third-order valence-corrected chi connectivity index (χ3v) is 5.17. The summed E-state index contributed by atoms with van der Waals surface area (Å²) in [5, 5.41) is 10.3. The molecule has 0 amide bonds. The minimum atomic E-state index is 0.246. The molecule has 2 fully saturated rings. The third-order valence-electron chi connectivity index (χ3n) is 5.17. The minimum absolute atomic E-state index is 0.246. The molecule has 0 unspecified atom stereocenters. The van der Waals surface area contributed by atoms with Gasteiger partial charge in [-0.2, -0.15) is 0 Å². The molecule has 0 aromatic heterocycles. The summed E-state index contributed by atoms with van der Waals surface area (Å²) in [5.74, 6) is 0.246. The largest absolute Gasteiger partial charge is 0.507 e. The number of rotatable bonds is 8. The fourth-order valence-corrected chi connectivity index (χ4v) is 3.35. The zero-order chi connectivity index (χ0) is 19.6. The van der Waals surface area contributed by atoms with Crippen LogP contribution in [-0.4, -0.2) is 106 Å². The Labute approximate surface area is 167 Å². The third kappa shape index (κ3) is 6.67. The summed E-state index contributed by atoms with van der Waals surface area (Å²) >= 11 is 0. The Morgan fingerprint density at radius 1 is 0.857 bits per heavy atom. The molecular formula is C21H32N4O3. The number of phenolic OH excluding ortho intramolecular Hbond substituents is 1. The maximum absolute atomic E-state index is 10.3. The number of ether oxygens (including phenoxy) is 2.